The Hall–Kier alpha value is -6.71. The fraction of sp³-hybridized carbons (Fsp3) is 0. The molecule has 0 fully saturated rings. The van der Waals surface area contributed by atoms with Crippen LogP contribution in [0.25, 0.3) is 33.2 Å². The Labute approximate surface area is 377 Å². The minimum atomic E-state index is 0. The molecule has 3 aliphatic rings. The summed E-state index contributed by atoms with van der Waals surface area (Å²) in [6, 6.07) is 62.2. The molecule has 0 radical (unpaired) electrons. The normalized spacial score (nSPS) is 14.6. The van der Waals surface area contributed by atoms with Crippen LogP contribution in [0.5, 0.6) is 0 Å². The second-order valence-corrected chi connectivity index (χ2v) is 15.8. The van der Waals surface area contributed by atoms with Crippen molar-refractivity contribution in [3.8, 4) is 11.4 Å². The van der Waals surface area contributed by atoms with Crippen molar-refractivity contribution in [2.24, 2.45) is 0 Å². The summed E-state index contributed by atoms with van der Waals surface area (Å²) in [6.07, 6.45) is 4.22. The molecular weight excluding hydrogens is 972 g/mol. The van der Waals surface area contributed by atoms with E-state index < -0.39 is 0 Å². The van der Waals surface area contributed by atoms with Crippen molar-refractivity contribution in [3.05, 3.63) is 260 Å². The van der Waals surface area contributed by atoms with E-state index in [4.69, 9.17) is 20.6 Å². The second-order valence-electron chi connectivity index (χ2n) is 14.1. The quantitative estimate of drug-likeness (QED) is 0.165. The van der Waals surface area contributed by atoms with Gasteiger partial charge in [-0.25, -0.2) is 9.97 Å². The van der Waals surface area contributed by atoms with Gasteiger partial charge in [0, 0.05) is 45.0 Å². The summed E-state index contributed by atoms with van der Waals surface area (Å²) < 4.78 is 4.34. The molecule has 0 N–H and O–H groups in total. The largest absolute Gasteiger partial charge is 2.00 e. The number of hydrogen-bond acceptors (Lipinski definition) is 6. The Balaban J connectivity index is 0.00000445. The Morgan fingerprint density at radius 2 is 0.689 bits per heavy atom. The van der Waals surface area contributed by atoms with Gasteiger partial charge in [0.05, 0.1) is 11.6 Å². The molecule has 8 aromatic rings. The second kappa shape index (κ2) is 16.7. The fourth-order valence-electron chi connectivity index (χ4n) is 7.66. The number of rotatable bonds is 6. The van der Waals surface area contributed by atoms with Crippen LogP contribution in [0.2, 0.25) is 0 Å². The summed E-state index contributed by atoms with van der Waals surface area (Å²) in [7, 11) is 0. The van der Waals surface area contributed by atoms with Crippen LogP contribution in [-0.2, 0) is 21.1 Å². The standard InChI is InChI=1S/C50H34N8S2.Pt/c1-7-19-35(20-8-1)45-47-51-41(31-55(47)37-23-11-3-12-24-37)57(39-27-15-5-16-28-39)44-34-60-50(54-44)46(36-21-9-2-10-22-36)48-52-42(32-56(48)38-25-13-4-14-26-38)58(40-29-17-6-18-30-40)43-33-59-49(45)53-43;/h1-34H;/q-2;+2. The van der Waals surface area contributed by atoms with Crippen LogP contribution in [0.15, 0.2) is 227 Å². The van der Waals surface area contributed by atoms with Gasteiger partial charge in [0.2, 0.25) is 0 Å². The van der Waals surface area contributed by atoms with Crippen molar-refractivity contribution >= 4 is 57.7 Å². The molecule has 11 rings (SSSR count). The molecule has 8 bridgehead atoms. The molecule has 6 aromatic carbocycles. The van der Waals surface area contributed by atoms with Gasteiger partial charge in [-0.05, 0) is 69.2 Å². The van der Waals surface area contributed by atoms with Gasteiger partial charge in [-0.2, -0.15) is 0 Å². The summed E-state index contributed by atoms with van der Waals surface area (Å²) in [5.74, 6) is 4.43. The fourth-order valence-corrected chi connectivity index (χ4v) is 9.36. The van der Waals surface area contributed by atoms with E-state index in [-0.39, 0.29) is 21.1 Å². The zero-order valence-electron chi connectivity index (χ0n) is 32.3. The van der Waals surface area contributed by atoms with E-state index in [1.165, 1.54) is 0 Å². The molecule has 8 nitrogen and oxygen atoms in total. The molecule has 61 heavy (non-hydrogen) atoms. The predicted octanol–water partition coefficient (Wildman–Crippen LogP) is 13.3. The molecule has 5 heterocycles. The van der Waals surface area contributed by atoms with Crippen LogP contribution in [-0.4, -0.2) is 19.1 Å². The number of benzene rings is 6. The van der Waals surface area contributed by atoms with Gasteiger partial charge in [0.25, 0.3) is 0 Å². The van der Waals surface area contributed by atoms with Crippen molar-refractivity contribution in [2.75, 3.05) is 9.80 Å². The third-order valence-corrected chi connectivity index (χ3v) is 12.1. The van der Waals surface area contributed by atoms with Gasteiger partial charge in [-0.3, -0.25) is 9.13 Å². The SMILES string of the molecule is C1=C2[N-]C(=C(c3ccccc3)c3nc(cn3-c3ccccc3)N(c3ccccc3)C3=CSC(=C(c4ccccc4)c4nc(cn4-c4ccccc4)N2c2ccccc2)[N-]3)S1.[Pt+2]. The third-order valence-electron chi connectivity index (χ3n) is 10.4. The van der Waals surface area contributed by atoms with Crippen molar-refractivity contribution < 1.29 is 21.1 Å². The smallest absolute Gasteiger partial charge is 0.429 e. The number of hydrogen-bond donors (Lipinski definition) is 0. The van der Waals surface area contributed by atoms with Crippen LogP contribution in [0.1, 0.15) is 22.8 Å². The van der Waals surface area contributed by atoms with E-state index in [0.29, 0.717) is 0 Å². The number of fused-ring (bicyclic) bond motifs is 8. The Bertz CT molecular complexity index is 2760. The molecule has 11 heteroatoms. The van der Waals surface area contributed by atoms with Gasteiger partial charge in [0.1, 0.15) is 11.6 Å². The summed E-state index contributed by atoms with van der Waals surface area (Å²) in [6.45, 7) is 0. The maximum absolute atomic E-state index is 5.56. The number of para-hydroxylation sites is 4. The zero-order valence-corrected chi connectivity index (χ0v) is 36.2. The van der Waals surface area contributed by atoms with Gasteiger partial charge in [0.15, 0.2) is 0 Å². The number of anilines is 4. The maximum atomic E-state index is 5.56. The number of nitrogens with zero attached hydrogens (tertiary/aromatic N) is 8. The van der Waals surface area contributed by atoms with Crippen molar-refractivity contribution in [1.82, 2.24) is 19.1 Å². The Morgan fingerprint density at radius 3 is 1.03 bits per heavy atom. The first-order valence-corrected chi connectivity index (χ1v) is 21.3. The minimum Gasteiger partial charge on any atom is -0.429 e. The van der Waals surface area contributed by atoms with Crippen molar-refractivity contribution in [3.63, 3.8) is 0 Å². The molecule has 3 aliphatic heterocycles. The van der Waals surface area contributed by atoms with Gasteiger partial charge in [-0.1, -0.05) is 158 Å². The molecule has 0 unspecified atom stereocenters. The third kappa shape index (κ3) is 7.23. The van der Waals surface area contributed by atoms with Crippen LogP contribution >= 0.6 is 23.5 Å². The molecule has 296 valence electrons. The van der Waals surface area contributed by atoms with E-state index in [1.807, 2.05) is 60.7 Å². The predicted molar refractivity (Wildman–Crippen MR) is 247 cm³/mol. The average molecular weight is 1010 g/mol. The van der Waals surface area contributed by atoms with Crippen LogP contribution in [0.4, 0.5) is 23.0 Å². The maximum Gasteiger partial charge on any atom is 2.00 e. The average Bonchev–Trinajstić information content (AvgIpc) is 4.15. The van der Waals surface area contributed by atoms with Gasteiger partial charge in [-0.15, -0.1) is 23.5 Å². The first-order chi connectivity index (χ1) is 29.8. The van der Waals surface area contributed by atoms with Crippen molar-refractivity contribution in [1.29, 1.82) is 0 Å². The summed E-state index contributed by atoms with van der Waals surface area (Å²) in [5, 5.41) is 16.9. The van der Waals surface area contributed by atoms with Gasteiger partial charge >= 0.3 is 21.1 Å². The Kier molecular flexibility index (Phi) is 10.6. The van der Waals surface area contributed by atoms with E-state index in [1.54, 1.807) is 23.5 Å². The van der Waals surface area contributed by atoms with E-state index in [0.717, 1.165) is 90.0 Å². The number of aromatic nitrogens is 4. The Morgan fingerprint density at radius 1 is 0.377 bits per heavy atom. The summed E-state index contributed by atoms with van der Waals surface area (Å²) >= 11 is 3.18. The van der Waals surface area contributed by atoms with E-state index in [2.05, 4.69) is 163 Å². The molecule has 0 spiro atoms. The van der Waals surface area contributed by atoms with Crippen LogP contribution < -0.4 is 9.80 Å². The first-order valence-electron chi connectivity index (χ1n) is 19.5. The van der Waals surface area contributed by atoms with Crippen LogP contribution in [0, 0.1) is 0 Å². The van der Waals surface area contributed by atoms with E-state index in [9.17, 15) is 0 Å². The zero-order chi connectivity index (χ0) is 39.8. The minimum absolute atomic E-state index is 0. The molecule has 0 saturated heterocycles. The summed E-state index contributed by atoms with van der Waals surface area (Å²) in [5.41, 5.74) is 7.64. The van der Waals surface area contributed by atoms with Gasteiger partial charge < -0.3 is 20.4 Å². The topological polar surface area (TPSA) is 70.3 Å². The monoisotopic (exact) mass is 1010 g/mol. The molecule has 0 saturated carbocycles. The molecular formula is C50H34N8PtS2. The van der Waals surface area contributed by atoms with Crippen LogP contribution in [0.3, 0.4) is 0 Å². The van der Waals surface area contributed by atoms with E-state index >= 15 is 0 Å². The molecule has 0 amide bonds. The molecule has 0 atom stereocenters. The molecule has 2 aromatic heterocycles. The van der Waals surface area contributed by atoms with Crippen molar-refractivity contribution in [2.45, 2.75) is 0 Å². The molecule has 0 aliphatic carbocycles. The number of thioether (sulfide) groups is 2. The first kappa shape index (κ1) is 38.5. The summed E-state index contributed by atoms with van der Waals surface area (Å²) in [4.78, 5) is 15.4. The number of imidazole rings is 2.